The van der Waals surface area contributed by atoms with Crippen molar-refractivity contribution in [3.05, 3.63) is 92.5 Å². The minimum Gasteiger partial charge on any atom is -0.490 e. The minimum atomic E-state index is -0.372. The molecular formula is C34H37F2NO3. The van der Waals surface area contributed by atoms with Gasteiger partial charge in [-0.05, 0) is 116 Å². The molecule has 0 N–H and O–H groups in total. The highest BCUT2D eigenvalue weighted by Gasteiger charge is 2.30. The smallest absolute Gasteiger partial charge is 0.310 e. The molecule has 2 aliphatic rings. The molecule has 3 aromatic rings. The molecule has 40 heavy (non-hydrogen) atoms. The monoisotopic (exact) mass is 545 g/mol. The maximum atomic E-state index is 15.4. The molecule has 0 unspecified atom stereocenters. The average Bonchev–Trinajstić information content (AvgIpc) is 2.95. The Kier molecular flexibility index (Phi) is 7.72. The highest BCUT2D eigenvalue weighted by atomic mass is 19.1. The summed E-state index contributed by atoms with van der Waals surface area (Å²) in [6.07, 6.45) is 2.47. The van der Waals surface area contributed by atoms with E-state index in [-0.39, 0.29) is 24.0 Å². The highest BCUT2D eigenvalue weighted by molar-refractivity contribution is 5.84. The van der Waals surface area contributed by atoms with Crippen LogP contribution < -0.4 is 4.74 Å². The Morgan fingerprint density at radius 3 is 2.52 bits per heavy atom. The number of nitrogens with zero attached hydrogens (tertiary/aromatic N) is 1. The Morgan fingerprint density at radius 2 is 1.77 bits per heavy atom. The normalized spacial score (nSPS) is 14.3. The Balaban J connectivity index is 1.67. The van der Waals surface area contributed by atoms with E-state index in [4.69, 9.17) is 9.47 Å². The fraction of sp³-hybridized carbons (Fsp3) is 0.382. The topological polar surface area (TPSA) is 38.8 Å². The lowest BCUT2D eigenvalue weighted by atomic mass is 9.79. The number of esters is 1. The second-order valence-electron chi connectivity index (χ2n) is 10.9. The van der Waals surface area contributed by atoms with E-state index < -0.39 is 0 Å². The molecule has 3 aromatic carbocycles. The summed E-state index contributed by atoms with van der Waals surface area (Å²) < 4.78 is 40.9. The first-order valence-corrected chi connectivity index (χ1v) is 14.1. The van der Waals surface area contributed by atoms with Gasteiger partial charge in [0, 0.05) is 29.9 Å². The van der Waals surface area contributed by atoms with Gasteiger partial charge >= 0.3 is 5.97 Å². The molecule has 5 rings (SSSR count). The Morgan fingerprint density at radius 1 is 1.00 bits per heavy atom. The van der Waals surface area contributed by atoms with Crippen molar-refractivity contribution < 1.29 is 23.0 Å². The first-order valence-electron chi connectivity index (χ1n) is 14.1. The SMILES string of the molecule is C=C(c1cccc(F)c1C)N1CCc2c(C)c(CC(=O)OCC)c(-c3cc(F)c4c(c3C)CCCO4)c(C)c2C1. The van der Waals surface area contributed by atoms with Crippen LogP contribution in [0, 0.1) is 39.3 Å². The van der Waals surface area contributed by atoms with E-state index in [2.05, 4.69) is 25.3 Å². The third-order valence-electron chi connectivity index (χ3n) is 8.67. The summed E-state index contributed by atoms with van der Waals surface area (Å²) in [4.78, 5) is 15.0. The van der Waals surface area contributed by atoms with Crippen LogP contribution in [0.4, 0.5) is 8.78 Å². The molecule has 0 amide bonds. The molecule has 0 fully saturated rings. The van der Waals surface area contributed by atoms with Crippen LogP contribution in [-0.4, -0.2) is 30.6 Å². The van der Waals surface area contributed by atoms with Gasteiger partial charge < -0.3 is 14.4 Å². The third-order valence-corrected chi connectivity index (χ3v) is 8.67. The van der Waals surface area contributed by atoms with Crippen LogP contribution in [0.15, 0.2) is 30.8 Å². The van der Waals surface area contributed by atoms with Gasteiger partial charge in [-0.15, -0.1) is 0 Å². The fourth-order valence-electron chi connectivity index (χ4n) is 6.45. The zero-order chi connectivity index (χ0) is 28.7. The number of benzene rings is 3. The summed E-state index contributed by atoms with van der Waals surface area (Å²) in [6, 6.07) is 6.65. The molecule has 0 aromatic heterocycles. The van der Waals surface area contributed by atoms with Crippen molar-refractivity contribution in [3.8, 4) is 16.9 Å². The molecular weight excluding hydrogens is 508 g/mol. The summed E-state index contributed by atoms with van der Waals surface area (Å²) in [5, 5.41) is 0. The van der Waals surface area contributed by atoms with Crippen LogP contribution in [0.25, 0.3) is 16.8 Å². The van der Waals surface area contributed by atoms with Crippen molar-refractivity contribution in [2.24, 2.45) is 0 Å². The van der Waals surface area contributed by atoms with Crippen LogP contribution in [0.3, 0.4) is 0 Å². The van der Waals surface area contributed by atoms with Gasteiger partial charge in [-0.3, -0.25) is 4.79 Å². The summed E-state index contributed by atoms with van der Waals surface area (Å²) in [5.74, 6) is -0.565. The summed E-state index contributed by atoms with van der Waals surface area (Å²) in [5.41, 5.74) is 11.0. The molecule has 0 spiro atoms. The number of rotatable bonds is 6. The molecule has 4 nitrogen and oxygen atoms in total. The van der Waals surface area contributed by atoms with E-state index in [9.17, 15) is 9.18 Å². The summed E-state index contributed by atoms with van der Waals surface area (Å²) >= 11 is 0. The average molecular weight is 546 g/mol. The van der Waals surface area contributed by atoms with Crippen molar-refractivity contribution in [1.29, 1.82) is 0 Å². The predicted molar refractivity (Wildman–Crippen MR) is 154 cm³/mol. The lowest BCUT2D eigenvalue weighted by Gasteiger charge is -2.36. The number of ether oxygens (including phenoxy) is 2. The second kappa shape index (κ2) is 11.1. The number of hydrogen-bond donors (Lipinski definition) is 0. The van der Waals surface area contributed by atoms with Crippen molar-refractivity contribution in [2.45, 2.75) is 66.8 Å². The number of carbonyl (C=O) groups is 1. The van der Waals surface area contributed by atoms with Crippen molar-refractivity contribution in [1.82, 2.24) is 4.90 Å². The van der Waals surface area contributed by atoms with Gasteiger partial charge in [-0.2, -0.15) is 0 Å². The van der Waals surface area contributed by atoms with Gasteiger partial charge in [0.15, 0.2) is 11.6 Å². The number of carbonyl (C=O) groups excluding carboxylic acids is 1. The van der Waals surface area contributed by atoms with Gasteiger partial charge in [-0.25, -0.2) is 8.78 Å². The van der Waals surface area contributed by atoms with E-state index in [1.165, 1.54) is 11.6 Å². The van der Waals surface area contributed by atoms with Crippen molar-refractivity contribution >= 4 is 11.7 Å². The maximum Gasteiger partial charge on any atom is 0.310 e. The van der Waals surface area contributed by atoms with E-state index >= 15 is 4.39 Å². The molecule has 0 aliphatic carbocycles. The molecule has 210 valence electrons. The first-order chi connectivity index (χ1) is 19.1. The van der Waals surface area contributed by atoms with Crippen LogP contribution in [0.2, 0.25) is 0 Å². The fourth-order valence-corrected chi connectivity index (χ4v) is 6.45. The predicted octanol–water partition coefficient (Wildman–Crippen LogP) is 7.33. The van der Waals surface area contributed by atoms with E-state index in [1.54, 1.807) is 26.0 Å². The molecule has 2 heterocycles. The van der Waals surface area contributed by atoms with E-state index in [1.807, 2.05) is 13.0 Å². The van der Waals surface area contributed by atoms with Gasteiger partial charge in [0.2, 0.25) is 0 Å². The van der Waals surface area contributed by atoms with Gasteiger partial charge in [0.05, 0.1) is 19.6 Å². The van der Waals surface area contributed by atoms with E-state index in [0.29, 0.717) is 31.1 Å². The van der Waals surface area contributed by atoms with Crippen molar-refractivity contribution in [3.63, 3.8) is 0 Å². The number of fused-ring (bicyclic) bond motifs is 2. The lowest BCUT2D eigenvalue weighted by Crippen LogP contribution is -2.31. The molecule has 6 heteroatoms. The summed E-state index contributed by atoms with van der Waals surface area (Å²) in [6.45, 7) is 16.2. The van der Waals surface area contributed by atoms with Gasteiger partial charge in [-0.1, -0.05) is 18.7 Å². The largest absolute Gasteiger partial charge is 0.490 e. The van der Waals surface area contributed by atoms with Crippen molar-refractivity contribution in [2.75, 3.05) is 19.8 Å². The number of hydrogen-bond acceptors (Lipinski definition) is 4. The maximum absolute atomic E-state index is 15.4. The summed E-state index contributed by atoms with van der Waals surface area (Å²) in [7, 11) is 0. The Bertz CT molecular complexity index is 1520. The zero-order valence-corrected chi connectivity index (χ0v) is 24.1. The number of halogens is 2. The standard InChI is InChI=1S/C34H37F2NO3/c1-7-39-32(38)17-28-19(2)25-13-14-37(23(6)24-10-8-12-30(35)21(24)4)18-29(25)22(5)33(28)27-16-31(36)34-26(20(27)3)11-9-15-40-34/h8,10,12,16H,6-7,9,11,13-15,17-18H2,1-5H3. The Labute approximate surface area is 235 Å². The van der Waals surface area contributed by atoms with Crippen LogP contribution in [0.1, 0.15) is 63.4 Å². The van der Waals surface area contributed by atoms with Gasteiger partial charge in [0.1, 0.15) is 5.82 Å². The zero-order valence-electron chi connectivity index (χ0n) is 24.1. The molecule has 0 atom stereocenters. The lowest BCUT2D eigenvalue weighted by molar-refractivity contribution is -0.142. The van der Waals surface area contributed by atoms with Crippen LogP contribution in [0.5, 0.6) is 5.75 Å². The third kappa shape index (κ3) is 4.78. The minimum absolute atomic E-state index is 0.122. The first kappa shape index (κ1) is 27.9. The van der Waals surface area contributed by atoms with Crippen LogP contribution >= 0.6 is 0 Å². The van der Waals surface area contributed by atoms with E-state index in [0.717, 1.165) is 81.6 Å². The molecule has 2 aliphatic heterocycles. The highest BCUT2D eigenvalue weighted by Crippen LogP contribution is 2.44. The molecule has 0 saturated heterocycles. The molecule has 0 radical (unpaired) electrons. The molecule has 0 bridgehead atoms. The Hall–Kier alpha value is -3.67. The van der Waals surface area contributed by atoms with Crippen LogP contribution in [-0.2, 0) is 35.3 Å². The molecule has 0 saturated carbocycles. The van der Waals surface area contributed by atoms with Gasteiger partial charge in [0.25, 0.3) is 0 Å². The second-order valence-corrected chi connectivity index (χ2v) is 10.9. The quantitative estimate of drug-likeness (QED) is 0.304.